The van der Waals surface area contributed by atoms with Gasteiger partial charge in [0.2, 0.25) is 5.91 Å². The van der Waals surface area contributed by atoms with Crippen LogP contribution in [0.3, 0.4) is 0 Å². The van der Waals surface area contributed by atoms with E-state index in [1.807, 2.05) is 0 Å². The Morgan fingerprint density at radius 3 is 2.57 bits per heavy atom. The molecule has 0 aromatic heterocycles. The Hall–Kier alpha value is -1.50. The molecule has 1 atom stereocenters. The topological polar surface area (TPSA) is 49.4 Å². The molecule has 2 fully saturated rings. The van der Waals surface area contributed by atoms with E-state index in [0.717, 1.165) is 17.7 Å². The summed E-state index contributed by atoms with van der Waals surface area (Å²) in [5, 5.41) is 2.71. The number of halogens is 3. The van der Waals surface area contributed by atoms with Gasteiger partial charge in [0.05, 0.1) is 10.2 Å². The largest absolute Gasteiger partial charge is 0.340 e. The van der Waals surface area contributed by atoms with E-state index in [1.165, 1.54) is 6.07 Å². The minimum absolute atomic E-state index is 0.0470. The molecular formula is C14H13BrF2N2O2. The minimum Gasteiger partial charge on any atom is -0.340 e. The summed E-state index contributed by atoms with van der Waals surface area (Å²) < 4.78 is 27.4. The van der Waals surface area contributed by atoms with Crippen LogP contribution in [-0.2, 0) is 9.59 Å². The summed E-state index contributed by atoms with van der Waals surface area (Å²) >= 11 is 2.97. The van der Waals surface area contributed by atoms with Crippen molar-refractivity contribution in [2.45, 2.75) is 25.3 Å². The Morgan fingerprint density at radius 2 is 1.95 bits per heavy atom. The zero-order chi connectivity index (χ0) is 15.4. The first kappa shape index (κ1) is 14.4. The van der Waals surface area contributed by atoms with E-state index in [1.54, 1.807) is 6.92 Å². The van der Waals surface area contributed by atoms with Crippen LogP contribution in [0.1, 0.15) is 19.8 Å². The van der Waals surface area contributed by atoms with Crippen LogP contribution in [0.25, 0.3) is 0 Å². The van der Waals surface area contributed by atoms with Crippen molar-refractivity contribution in [1.29, 1.82) is 0 Å². The van der Waals surface area contributed by atoms with Crippen molar-refractivity contribution < 1.29 is 18.4 Å². The number of carbonyl (C=O) groups excluding carboxylic acids is 2. The Balaban J connectivity index is 2.03. The number of nitrogens with one attached hydrogen (secondary N) is 1. The van der Waals surface area contributed by atoms with Gasteiger partial charge in [-0.2, -0.15) is 0 Å². The van der Waals surface area contributed by atoms with E-state index >= 15 is 0 Å². The number of hydrogen-bond donors (Lipinski definition) is 1. The molecule has 1 aliphatic carbocycles. The summed E-state index contributed by atoms with van der Waals surface area (Å²) in [5.74, 6) is -2.25. The number of amides is 2. The van der Waals surface area contributed by atoms with Crippen LogP contribution < -0.4 is 10.2 Å². The fourth-order valence-corrected chi connectivity index (χ4v) is 3.06. The van der Waals surface area contributed by atoms with E-state index < -0.39 is 17.2 Å². The molecule has 1 saturated carbocycles. The lowest BCUT2D eigenvalue weighted by Gasteiger charge is -2.40. The monoisotopic (exact) mass is 358 g/mol. The molecule has 0 radical (unpaired) electrons. The van der Waals surface area contributed by atoms with E-state index in [4.69, 9.17) is 0 Å². The van der Waals surface area contributed by atoms with Crippen molar-refractivity contribution in [3.05, 3.63) is 28.2 Å². The molecule has 21 heavy (non-hydrogen) atoms. The van der Waals surface area contributed by atoms with Crippen LogP contribution in [0.15, 0.2) is 16.6 Å². The fourth-order valence-electron chi connectivity index (χ4n) is 2.73. The van der Waals surface area contributed by atoms with E-state index in [-0.39, 0.29) is 34.4 Å². The van der Waals surface area contributed by atoms with Gasteiger partial charge in [0.15, 0.2) is 0 Å². The highest BCUT2D eigenvalue weighted by Crippen LogP contribution is 2.42. The summed E-state index contributed by atoms with van der Waals surface area (Å²) in [6, 6.07) is 1.89. The molecule has 0 bridgehead atoms. The molecule has 1 unspecified atom stereocenters. The number of anilines is 1. The van der Waals surface area contributed by atoms with Gasteiger partial charge in [-0.3, -0.25) is 14.5 Å². The molecule has 1 aromatic rings. The van der Waals surface area contributed by atoms with Crippen LogP contribution in [0.2, 0.25) is 0 Å². The maximum absolute atomic E-state index is 14.0. The lowest BCUT2D eigenvalue weighted by Crippen LogP contribution is -2.66. The summed E-state index contributed by atoms with van der Waals surface area (Å²) in [4.78, 5) is 25.6. The van der Waals surface area contributed by atoms with Gasteiger partial charge in [-0.1, -0.05) is 0 Å². The normalized spacial score (nSPS) is 26.0. The summed E-state index contributed by atoms with van der Waals surface area (Å²) in [6.45, 7) is 1.39. The van der Waals surface area contributed by atoms with Crippen molar-refractivity contribution in [1.82, 2.24) is 5.32 Å². The van der Waals surface area contributed by atoms with Gasteiger partial charge < -0.3 is 5.32 Å². The fraction of sp³-hybridized carbons (Fsp3) is 0.429. The van der Waals surface area contributed by atoms with E-state index in [2.05, 4.69) is 21.2 Å². The predicted octanol–water partition coefficient (Wildman–Crippen LogP) is 2.36. The molecule has 2 aliphatic rings. The molecule has 112 valence electrons. The quantitative estimate of drug-likeness (QED) is 0.825. The van der Waals surface area contributed by atoms with Crippen molar-refractivity contribution in [2.24, 2.45) is 5.92 Å². The first-order valence-electron chi connectivity index (χ1n) is 6.60. The molecule has 1 aromatic carbocycles. The lowest BCUT2D eigenvalue weighted by atomic mass is 9.91. The molecule has 4 nitrogen and oxygen atoms in total. The highest BCUT2D eigenvalue weighted by molar-refractivity contribution is 9.10. The number of nitrogens with zero attached hydrogens (tertiary/aromatic N) is 1. The maximum Gasteiger partial charge on any atom is 0.253 e. The lowest BCUT2D eigenvalue weighted by molar-refractivity contribution is -0.136. The van der Waals surface area contributed by atoms with Gasteiger partial charge in [0, 0.05) is 6.07 Å². The third-order valence-electron chi connectivity index (χ3n) is 4.06. The third-order valence-corrected chi connectivity index (χ3v) is 4.67. The van der Waals surface area contributed by atoms with Gasteiger partial charge in [-0.25, -0.2) is 8.78 Å². The Kier molecular flexibility index (Phi) is 3.27. The van der Waals surface area contributed by atoms with Gasteiger partial charge in [-0.05, 0) is 47.7 Å². The van der Waals surface area contributed by atoms with Crippen LogP contribution >= 0.6 is 15.9 Å². The second kappa shape index (κ2) is 4.76. The number of carbonyl (C=O) groups is 2. The van der Waals surface area contributed by atoms with Gasteiger partial charge in [-0.15, -0.1) is 0 Å². The van der Waals surface area contributed by atoms with Crippen LogP contribution in [0.5, 0.6) is 0 Å². The molecule has 3 rings (SSSR count). The summed E-state index contributed by atoms with van der Waals surface area (Å²) in [5.41, 5.74) is -1.10. The van der Waals surface area contributed by atoms with Gasteiger partial charge >= 0.3 is 0 Å². The third kappa shape index (κ3) is 2.33. The highest BCUT2D eigenvalue weighted by Gasteiger charge is 2.53. The number of hydrogen-bond acceptors (Lipinski definition) is 2. The molecule has 1 heterocycles. The average molecular weight is 359 g/mol. The number of rotatable bonds is 2. The van der Waals surface area contributed by atoms with Crippen molar-refractivity contribution in [3.63, 3.8) is 0 Å². The Morgan fingerprint density at radius 1 is 1.29 bits per heavy atom. The standard InChI is InChI=1S/C14H13BrF2N2O2/c1-14(7-2-3-7)13(21)19(6-12(20)18-14)11-4-8(15)9(16)5-10(11)17/h4-5,7H,2-3,6H2,1H3,(H,18,20). The molecule has 1 aliphatic heterocycles. The summed E-state index contributed by atoms with van der Waals surface area (Å²) in [6.07, 6.45) is 1.71. The van der Waals surface area contributed by atoms with Crippen LogP contribution in [-0.4, -0.2) is 23.9 Å². The zero-order valence-corrected chi connectivity index (χ0v) is 12.8. The number of benzene rings is 1. The van der Waals surface area contributed by atoms with E-state index in [0.29, 0.717) is 6.07 Å². The van der Waals surface area contributed by atoms with E-state index in [9.17, 15) is 18.4 Å². The zero-order valence-electron chi connectivity index (χ0n) is 11.3. The van der Waals surface area contributed by atoms with Crippen LogP contribution in [0.4, 0.5) is 14.5 Å². The van der Waals surface area contributed by atoms with Crippen molar-refractivity contribution >= 4 is 33.4 Å². The van der Waals surface area contributed by atoms with Crippen LogP contribution in [0, 0.1) is 17.6 Å². The molecule has 7 heteroatoms. The second-order valence-electron chi connectivity index (χ2n) is 5.63. The SMILES string of the molecule is CC1(C2CC2)NC(=O)CN(c2cc(Br)c(F)cc2F)C1=O. The minimum atomic E-state index is -1.01. The molecule has 2 amide bonds. The smallest absolute Gasteiger partial charge is 0.253 e. The highest BCUT2D eigenvalue weighted by atomic mass is 79.9. The van der Waals surface area contributed by atoms with Gasteiger partial charge in [0.1, 0.15) is 23.7 Å². The van der Waals surface area contributed by atoms with Crippen molar-refractivity contribution in [3.8, 4) is 0 Å². The Labute approximate surface area is 128 Å². The first-order chi connectivity index (χ1) is 9.83. The maximum atomic E-state index is 14.0. The first-order valence-corrected chi connectivity index (χ1v) is 7.40. The van der Waals surface area contributed by atoms with Gasteiger partial charge in [0.25, 0.3) is 5.91 Å². The molecule has 1 N–H and O–H groups in total. The summed E-state index contributed by atoms with van der Waals surface area (Å²) in [7, 11) is 0. The predicted molar refractivity (Wildman–Crippen MR) is 75.7 cm³/mol. The second-order valence-corrected chi connectivity index (χ2v) is 6.49. The Bertz CT molecular complexity index is 648. The molecule has 0 spiro atoms. The average Bonchev–Trinajstić information content (AvgIpc) is 3.23. The molecular weight excluding hydrogens is 346 g/mol. The molecule has 1 saturated heterocycles. The van der Waals surface area contributed by atoms with Crippen molar-refractivity contribution in [2.75, 3.05) is 11.4 Å². The number of piperazine rings is 1.